The van der Waals surface area contributed by atoms with Gasteiger partial charge in [-0.1, -0.05) is 20.3 Å². The fraction of sp³-hybridized carbons (Fsp3) is 0.727. The summed E-state index contributed by atoms with van der Waals surface area (Å²) in [6.45, 7) is 7.78. The Balaban J connectivity index is 4.53. The number of ether oxygens (including phenoxy) is 1. The van der Waals surface area contributed by atoms with Gasteiger partial charge >= 0.3 is 0 Å². The van der Waals surface area contributed by atoms with Crippen molar-refractivity contribution in [3.05, 3.63) is 12.2 Å². The third kappa shape index (κ3) is 3.73. The molecule has 76 valence electrons. The number of allylic oxidation sites excluding steroid dienone is 1. The Kier molecular flexibility index (Phi) is 4.92. The van der Waals surface area contributed by atoms with Gasteiger partial charge in [-0.05, 0) is 31.9 Å². The first-order chi connectivity index (χ1) is 5.96. The first-order valence-corrected chi connectivity index (χ1v) is 4.71. The molecule has 0 spiro atoms. The van der Waals surface area contributed by atoms with Gasteiger partial charge in [0.15, 0.2) is 5.78 Å². The van der Waals surface area contributed by atoms with E-state index < -0.39 is 0 Å². The standard InChI is InChI=1S/C11H20O2/c1-6-9(2)11(4,13-5)8-7-10(3)12/h7-9H,6H2,1-5H3/b8-7+. The molecule has 2 atom stereocenters. The Hall–Kier alpha value is -0.630. The van der Waals surface area contributed by atoms with E-state index in [-0.39, 0.29) is 11.4 Å². The van der Waals surface area contributed by atoms with E-state index in [4.69, 9.17) is 4.74 Å². The van der Waals surface area contributed by atoms with E-state index in [1.165, 1.54) is 0 Å². The molecule has 2 nitrogen and oxygen atoms in total. The van der Waals surface area contributed by atoms with Crippen molar-refractivity contribution in [1.29, 1.82) is 0 Å². The minimum Gasteiger partial charge on any atom is -0.374 e. The van der Waals surface area contributed by atoms with Crippen LogP contribution in [0.5, 0.6) is 0 Å². The highest BCUT2D eigenvalue weighted by atomic mass is 16.5. The van der Waals surface area contributed by atoms with Gasteiger partial charge < -0.3 is 4.74 Å². The second-order valence-electron chi connectivity index (χ2n) is 3.64. The highest BCUT2D eigenvalue weighted by Crippen LogP contribution is 2.25. The van der Waals surface area contributed by atoms with Gasteiger partial charge in [0.1, 0.15) is 0 Å². The van der Waals surface area contributed by atoms with Crippen LogP contribution in [-0.4, -0.2) is 18.5 Å². The lowest BCUT2D eigenvalue weighted by Crippen LogP contribution is -2.32. The third-order valence-corrected chi connectivity index (χ3v) is 2.68. The van der Waals surface area contributed by atoms with E-state index in [2.05, 4.69) is 13.8 Å². The van der Waals surface area contributed by atoms with Crippen LogP contribution in [0.1, 0.15) is 34.1 Å². The summed E-state index contributed by atoms with van der Waals surface area (Å²) in [5.74, 6) is 0.472. The molecule has 2 heteroatoms. The number of methoxy groups -OCH3 is 1. The van der Waals surface area contributed by atoms with Gasteiger partial charge in [0.2, 0.25) is 0 Å². The van der Waals surface area contributed by atoms with Crippen LogP contribution in [0.4, 0.5) is 0 Å². The highest BCUT2D eigenvalue weighted by molar-refractivity contribution is 5.87. The summed E-state index contributed by atoms with van der Waals surface area (Å²) < 4.78 is 5.40. The van der Waals surface area contributed by atoms with Crippen LogP contribution in [0.15, 0.2) is 12.2 Å². The third-order valence-electron chi connectivity index (χ3n) is 2.68. The molecule has 0 rings (SSSR count). The van der Waals surface area contributed by atoms with E-state index in [0.717, 1.165) is 6.42 Å². The zero-order valence-electron chi connectivity index (χ0n) is 9.26. The molecule has 0 bridgehead atoms. The van der Waals surface area contributed by atoms with Crippen LogP contribution in [0, 0.1) is 5.92 Å². The van der Waals surface area contributed by atoms with Crippen molar-refractivity contribution in [1.82, 2.24) is 0 Å². The van der Waals surface area contributed by atoms with E-state index in [9.17, 15) is 4.79 Å². The number of hydrogen-bond acceptors (Lipinski definition) is 2. The fourth-order valence-corrected chi connectivity index (χ4v) is 1.12. The van der Waals surface area contributed by atoms with Crippen LogP contribution in [-0.2, 0) is 9.53 Å². The lowest BCUT2D eigenvalue weighted by atomic mass is 9.88. The van der Waals surface area contributed by atoms with Gasteiger partial charge in [-0.3, -0.25) is 4.79 Å². The average Bonchev–Trinajstić information content (AvgIpc) is 2.12. The molecule has 0 aliphatic heterocycles. The number of carbonyl (C=O) groups is 1. The molecule has 2 unspecified atom stereocenters. The molecule has 0 fully saturated rings. The smallest absolute Gasteiger partial charge is 0.152 e. The first kappa shape index (κ1) is 12.4. The van der Waals surface area contributed by atoms with E-state index >= 15 is 0 Å². The van der Waals surface area contributed by atoms with Crippen molar-refractivity contribution in [2.75, 3.05) is 7.11 Å². The van der Waals surface area contributed by atoms with Crippen LogP contribution >= 0.6 is 0 Å². The zero-order valence-corrected chi connectivity index (χ0v) is 9.26. The van der Waals surface area contributed by atoms with Gasteiger partial charge in [-0.2, -0.15) is 0 Å². The summed E-state index contributed by atoms with van der Waals surface area (Å²) in [5, 5.41) is 0. The summed E-state index contributed by atoms with van der Waals surface area (Å²) in [7, 11) is 1.68. The summed E-state index contributed by atoms with van der Waals surface area (Å²) >= 11 is 0. The fourth-order valence-electron chi connectivity index (χ4n) is 1.12. The molecule has 0 aromatic carbocycles. The molecule has 0 amide bonds. The zero-order chi connectivity index (χ0) is 10.5. The molecule has 0 aliphatic carbocycles. The van der Waals surface area contributed by atoms with Gasteiger partial charge in [0, 0.05) is 7.11 Å². The summed E-state index contributed by atoms with van der Waals surface area (Å²) in [4.78, 5) is 10.8. The predicted octanol–water partition coefficient (Wildman–Crippen LogP) is 2.58. The lowest BCUT2D eigenvalue weighted by Gasteiger charge is -2.30. The van der Waals surface area contributed by atoms with E-state index in [0.29, 0.717) is 5.92 Å². The summed E-state index contributed by atoms with van der Waals surface area (Å²) in [5.41, 5.74) is -0.319. The van der Waals surface area contributed by atoms with Crippen molar-refractivity contribution in [2.24, 2.45) is 5.92 Å². The maximum atomic E-state index is 10.8. The maximum Gasteiger partial charge on any atom is 0.152 e. The molecule has 0 aromatic heterocycles. The molecule has 0 saturated carbocycles. The molecule has 0 aromatic rings. The van der Waals surface area contributed by atoms with Gasteiger partial charge in [-0.15, -0.1) is 0 Å². The van der Waals surface area contributed by atoms with Crippen molar-refractivity contribution in [3.63, 3.8) is 0 Å². The average molecular weight is 184 g/mol. The Bertz CT molecular complexity index is 196. The number of ketones is 1. The van der Waals surface area contributed by atoms with Crippen LogP contribution in [0.3, 0.4) is 0 Å². The lowest BCUT2D eigenvalue weighted by molar-refractivity contribution is -0.112. The molecule has 13 heavy (non-hydrogen) atoms. The SMILES string of the molecule is CCC(C)C(C)(/C=C/C(C)=O)OC. The minimum absolute atomic E-state index is 0.0616. The van der Waals surface area contributed by atoms with Crippen molar-refractivity contribution in [2.45, 2.75) is 39.7 Å². The van der Waals surface area contributed by atoms with Crippen LogP contribution in [0.25, 0.3) is 0 Å². The maximum absolute atomic E-state index is 10.8. The predicted molar refractivity (Wildman–Crippen MR) is 54.7 cm³/mol. The van der Waals surface area contributed by atoms with Gasteiger partial charge in [0.25, 0.3) is 0 Å². The largest absolute Gasteiger partial charge is 0.374 e. The second kappa shape index (κ2) is 5.18. The molecule has 0 aliphatic rings. The Morgan fingerprint density at radius 1 is 1.62 bits per heavy atom. The Morgan fingerprint density at radius 2 is 2.15 bits per heavy atom. The Labute approximate surface area is 81.0 Å². The molecule has 0 N–H and O–H groups in total. The molecule has 0 radical (unpaired) electrons. The van der Waals surface area contributed by atoms with Crippen LogP contribution < -0.4 is 0 Å². The normalized spacial score (nSPS) is 18.5. The number of carbonyl (C=O) groups excluding carboxylic acids is 1. The molecular formula is C11H20O2. The van der Waals surface area contributed by atoms with E-state index in [1.54, 1.807) is 20.1 Å². The first-order valence-electron chi connectivity index (χ1n) is 4.71. The molecule has 0 heterocycles. The highest BCUT2D eigenvalue weighted by Gasteiger charge is 2.26. The van der Waals surface area contributed by atoms with E-state index in [1.807, 2.05) is 13.0 Å². The van der Waals surface area contributed by atoms with Gasteiger partial charge in [0.05, 0.1) is 5.60 Å². The second-order valence-corrected chi connectivity index (χ2v) is 3.64. The minimum atomic E-state index is -0.319. The monoisotopic (exact) mass is 184 g/mol. The molecule has 0 saturated heterocycles. The summed E-state index contributed by atoms with van der Waals surface area (Å²) in [6.07, 6.45) is 4.46. The number of hydrogen-bond donors (Lipinski definition) is 0. The summed E-state index contributed by atoms with van der Waals surface area (Å²) in [6, 6.07) is 0. The van der Waals surface area contributed by atoms with Crippen molar-refractivity contribution < 1.29 is 9.53 Å². The number of rotatable bonds is 5. The molecular weight excluding hydrogens is 164 g/mol. The van der Waals surface area contributed by atoms with Crippen LogP contribution in [0.2, 0.25) is 0 Å². The van der Waals surface area contributed by atoms with Crippen molar-refractivity contribution >= 4 is 5.78 Å². The topological polar surface area (TPSA) is 26.3 Å². The quantitative estimate of drug-likeness (QED) is 0.614. The van der Waals surface area contributed by atoms with Gasteiger partial charge in [-0.25, -0.2) is 0 Å². The Morgan fingerprint density at radius 3 is 2.46 bits per heavy atom. The van der Waals surface area contributed by atoms with Crippen molar-refractivity contribution in [3.8, 4) is 0 Å².